The second-order valence-electron chi connectivity index (χ2n) is 4.19. The van der Waals surface area contributed by atoms with Crippen LogP contribution in [0.15, 0.2) is 36.4 Å². The van der Waals surface area contributed by atoms with Crippen LogP contribution in [0.5, 0.6) is 0 Å². The van der Waals surface area contributed by atoms with E-state index in [1.165, 1.54) is 12.1 Å². The number of halogens is 2. The number of nitrogens with two attached hydrogens (primary N) is 1. The normalized spacial score (nSPS) is 10.2. The number of nitro benzene ring substituents is 1. The number of para-hydroxylation sites is 1. The molecule has 0 bridgehead atoms. The number of anilines is 2. The lowest BCUT2D eigenvalue weighted by atomic mass is 10.2. The van der Waals surface area contributed by atoms with Gasteiger partial charge in [-0.25, -0.2) is 8.78 Å². The standard InChI is InChI=1S/C13H12F2N4O2/c14-9-4-5-10(15)8(6-9)7-17-11-2-1-3-12(18-16)13(11)19(20)21/h1-6,17-18H,7,16H2. The number of benzene rings is 2. The Morgan fingerprint density at radius 1 is 1.19 bits per heavy atom. The summed E-state index contributed by atoms with van der Waals surface area (Å²) in [7, 11) is 0. The third kappa shape index (κ3) is 3.23. The highest BCUT2D eigenvalue weighted by Gasteiger charge is 2.19. The molecule has 21 heavy (non-hydrogen) atoms. The monoisotopic (exact) mass is 294 g/mol. The summed E-state index contributed by atoms with van der Waals surface area (Å²) < 4.78 is 26.6. The van der Waals surface area contributed by atoms with Gasteiger partial charge in [-0.3, -0.25) is 16.0 Å². The number of hydrogen-bond donors (Lipinski definition) is 3. The maximum atomic E-state index is 13.5. The van der Waals surface area contributed by atoms with Crippen molar-refractivity contribution in [2.75, 3.05) is 10.7 Å². The smallest absolute Gasteiger partial charge is 0.316 e. The van der Waals surface area contributed by atoms with Gasteiger partial charge in [0.25, 0.3) is 0 Å². The van der Waals surface area contributed by atoms with E-state index in [1.54, 1.807) is 6.07 Å². The largest absolute Gasteiger partial charge is 0.375 e. The number of hydrazine groups is 1. The number of hydrogen-bond acceptors (Lipinski definition) is 5. The van der Waals surface area contributed by atoms with E-state index in [9.17, 15) is 18.9 Å². The summed E-state index contributed by atoms with van der Waals surface area (Å²) in [5.41, 5.74) is 2.29. The molecule has 0 atom stereocenters. The van der Waals surface area contributed by atoms with Crippen molar-refractivity contribution in [2.24, 2.45) is 5.84 Å². The molecule has 2 aromatic carbocycles. The average Bonchev–Trinajstić information content (AvgIpc) is 2.47. The first-order valence-electron chi connectivity index (χ1n) is 5.94. The molecule has 0 spiro atoms. The van der Waals surface area contributed by atoms with Crippen molar-refractivity contribution in [2.45, 2.75) is 6.54 Å². The van der Waals surface area contributed by atoms with Gasteiger partial charge in [0.2, 0.25) is 0 Å². The average molecular weight is 294 g/mol. The lowest BCUT2D eigenvalue weighted by molar-refractivity contribution is -0.383. The van der Waals surface area contributed by atoms with E-state index in [4.69, 9.17) is 5.84 Å². The van der Waals surface area contributed by atoms with Gasteiger partial charge in [-0.15, -0.1) is 0 Å². The van der Waals surface area contributed by atoms with Crippen LogP contribution in [0, 0.1) is 21.7 Å². The van der Waals surface area contributed by atoms with E-state index in [1.807, 2.05) is 0 Å². The summed E-state index contributed by atoms with van der Waals surface area (Å²) in [6.45, 7) is -0.0988. The molecule has 0 aromatic heterocycles. The number of nitrogens with one attached hydrogen (secondary N) is 2. The molecule has 6 nitrogen and oxygen atoms in total. The molecular weight excluding hydrogens is 282 g/mol. The zero-order valence-corrected chi connectivity index (χ0v) is 10.8. The lowest BCUT2D eigenvalue weighted by Crippen LogP contribution is -2.11. The number of nitro groups is 1. The molecular formula is C13H12F2N4O2. The van der Waals surface area contributed by atoms with E-state index in [2.05, 4.69) is 10.7 Å². The van der Waals surface area contributed by atoms with Gasteiger partial charge in [0, 0.05) is 12.1 Å². The first kappa shape index (κ1) is 14.7. The molecule has 8 heteroatoms. The van der Waals surface area contributed by atoms with E-state index < -0.39 is 16.6 Å². The predicted octanol–water partition coefficient (Wildman–Crippen LogP) is 2.77. The molecule has 0 saturated carbocycles. The van der Waals surface area contributed by atoms with Crippen LogP contribution in [0.4, 0.5) is 25.8 Å². The summed E-state index contributed by atoms with van der Waals surface area (Å²) in [6.07, 6.45) is 0. The van der Waals surface area contributed by atoms with Crippen molar-refractivity contribution < 1.29 is 13.7 Å². The Labute approximate surface area is 118 Å². The fourth-order valence-electron chi connectivity index (χ4n) is 1.87. The fraction of sp³-hybridized carbons (Fsp3) is 0.0769. The second-order valence-corrected chi connectivity index (χ2v) is 4.19. The molecule has 0 radical (unpaired) electrons. The SMILES string of the molecule is NNc1cccc(NCc2cc(F)ccc2F)c1[N+](=O)[O-]. The summed E-state index contributed by atoms with van der Waals surface area (Å²) in [5, 5.41) is 13.8. The van der Waals surface area contributed by atoms with E-state index >= 15 is 0 Å². The maximum absolute atomic E-state index is 13.5. The molecule has 0 fully saturated rings. The van der Waals surface area contributed by atoms with Crippen LogP contribution in [0.2, 0.25) is 0 Å². The molecule has 4 N–H and O–H groups in total. The number of nitrogen functional groups attached to an aromatic ring is 1. The maximum Gasteiger partial charge on any atom is 0.316 e. The van der Waals surface area contributed by atoms with Gasteiger partial charge < -0.3 is 10.7 Å². The second kappa shape index (κ2) is 6.14. The lowest BCUT2D eigenvalue weighted by Gasteiger charge is -2.10. The topological polar surface area (TPSA) is 93.2 Å². The Bertz CT molecular complexity index is 679. The van der Waals surface area contributed by atoms with E-state index in [0.717, 1.165) is 18.2 Å². The summed E-state index contributed by atoms with van der Waals surface area (Å²) in [4.78, 5) is 10.5. The van der Waals surface area contributed by atoms with Crippen molar-refractivity contribution in [1.82, 2.24) is 0 Å². The minimum atomic E-state index is -0.612. The van der Waals surface area contributed by atoms with Crippen LogP contribution in [0.25, 0.3) is 0 Å². The van der Waals surface area contributed by atoms with Gasteiger partial charge in [-0.1, -0.05) is 6.07 Å². The first-order valence-corrected chi connectivity index (χ1v) is 5.94. The Morgan fingerprint density at radius 2 is 1.90 bits per heavy atom. The number of nitrogens with zero attached hydrogens (tertiary/aromatic N) is 1. The summed E-state index contributed by atoms with van der Waals surface area (Å²) in [6, 6.07) is 7.47. The molecule has 0 aliphatic rings. The Hall–Kier alpha value is -2.74. The van der Waals surface area contributed by atoms with Crippen LogP contribution in [0.1, 0.15) is 5.56 Å². The highest BCUT2D eigenvalue weighted by atomic mass is 19.1. The molecule has 2 aromatic rings. The minimum absolute atomic E-state index is 0.0652. The Balaban J connectivity index is 2.28. The van der Waals surface area contributed by atoms with Crippen molar-refractivity contribution in [1.29, 1.82) is 0 Å². The van der Waals surface area contributed by atoms with Crippen molar-refractivity contribution in [3.63, 3.8) is 0 Å². The number of rotatable bonds is 5. The fourth-order valence-corrected chi connectivity index (χ4v) is 1.87. The highest BCUT2D eigenvalue weighted by molar-refractivity contribution is 5.75. The molecule has 110 valence electrons. The third-order valence-corrected chi connectivity index (χ3v) is 2.85. The first-order chi connectivity index (χ1) is 10.0. The predicted molar refractivity (Wildman–Crippen MR) is 74.6 cm³/mol. The zero-order chi connectivity index (χ0) is 15.4. The van der Waals surface area contributed by atoms with Crippen LogP contribution in [0.3, 0.4) is 0 Å². The molecule has 0 amide bonds. The Kier molecular flexibility index (Phi) is 4.29. The van der Waals surface area contributed by atoms with Crippen molar-refractivity contribution >= 4 is 17.1 Å². The van der Waals surface area contributed by atoms with Crippen LogP contribution >= 0.6 is 0 Å². The zero-order valence-electron chi connectivity index (χ0n) is 10.8. The molecule has 0 aliphatic carbocycles. The molecule has 0 unspecified atom stereocenters. The van der Waals surface area contributed by atoms with Gasteiger partial charge in [0.05, 0.1) is 4.92 Å². The van der Waals surface area contributed by atoms with Crippen LogP contribution in [-0.4, -0.2) is 4.92 Å². The van der Waals surface area contributed by atoms with E-state index in [-0.39, 0.29) is 29.2 Å². The molecule has 0 saturated heterocycles. The van der Waals surface area contributed by atoms with Gasteiger partial charge in [-0.2, -0.15) is 0 Å². The van der Waals surface area contributed by atoms with E-state index in [0.29, 0.717) is 0 Å². The van der Waals surface area contributed by atoms with Gasteiger partial charge in [0.15, 0.2) is 0 Å². The Morgan fingerprint density at radius 3 is 2.57 bits per heavy atom. The minimum Gasteiger partial charge on any atom is -0.375 e. The quantitative estimate of drug-likeness (QED) is 0.448. The van der Waals surface area contributed by atoms with Gasteiger partial charge in [-0.05, 0) is 30.3 Å². The van der Waals surface area contributed by atoms with Crippen LogP contribution in [-0.2, 0) is 6.54 Å². The van der Waals surface area contributed by atoms with Gasteiger partial charge in [0.1, 0.15) is 23.0 Å². The molecule has 0 heterocycles. The molecule has 2 rings (SSSR count). The van der Waals surface area contributed by atoms with Crippen molar-refractivity contribution in [3.8, 4) is 0 Å². The summed E-state index contributed by atoms with van der Waals surface area (Å²) in [5.74, 6) is 4.04. The summed E-state index contributed by atoms with van der Waals surface area (Å²) >= 11 is 0. The van der Waals surface area contributed by atoms with Gasteiger partial charge >= 0.3 is 5.69 Å². The third-order valence-electron chi connectivity index (χ3n) is 2.85. The molecule has 0 aliphatic heterocycles. The van der Waals surface area contributed by atoms with Crippen molar-refractivity contribution in [3.05, 3.63) is 63.7 Å². The highest BCUT2D eigenvalue weighted by Crippen LogP contribution is 2.32. The van der Waals surface area contributed by atoms with Crippen LogP contribution < -0.4 is 16.6 Å².